The van der Waals surface area contributed by atoms with Crippen LogP contribution in [0.3, 0.4) is 0 Å². The van der Waals surface area contributed by atoms with Crippen LogP contribution in [0.1, 0.15) is 26.2 Å². The molecule has 0 bridgehead atoms. The number of nitrogens with one attached hydrogen (secondary N) is 1. The number of aliphatic imine (C=N–C) groups is 1. The molecule has 0 aliphatic carbocycles. The Balaban J connectivity index is 0.00000400. The topological polar surface area (TPSA) is 57.2 Å². The number of rotatable bonds is 7. The van der Waals surface area contributed by atoms with Gasteiger partial charge in [0.2, 0.25) is 5.91 Å². The molecule has 1 N–H and O–H groups in total. The molecule has 0 radical (unpaired) electrons. The lowest BCUT2D eigenvalue weighted by atomic mass is 10.4. The molecule has 21 heavy (non-hydrogen) atoms. The highest BCUT2D eigenvalue weighted by molar-refractivity contribution is 14.0. The van der Waals surface area contributed by atoms with Crippen LogP contribution in [0.25, 0.3) is 0 Å². The Hall–Kier alpha value is -0.570. The van der Waals surface area contributed by atoms with Gasteiger partial charge < -0.3 is 19.9 Å². The zero-order valence-electron chi connectivity index (χ0n) is 13.4. The number of hydrogen-bond donors (Lipinski definition) is 1. The monoisotopic (exact) mass is 412 g/mol. The Morgan fingerprint density at radius 3 is 2.57 bits per heavy atom. The van der Waals surface area contributed by atoms with Crippen LogP contribution in [-0.2, 0) is 9.53 Å². The van der Waals surface area contributed by atoms with Crippen molar-refractivity contribution in [3.05, 3.63) is 0 Å². The van der Waals surface area contributed by atoms with E-state index >= 15 is 0 Å². The predicted molar refractivity (Wildman–Crippen MR) is 96.3 cm³/mol. The van der Waals surface area contributed by atoms with E-state index in [2.05, 4.69) is 15.2 Å². The minimum absolute atomic E-state index is 0. The lowest BCUT2D eigenvalue weighted by Crippen LogP contribution is -2.41. The van der Waals surface area contributed by atoms with Gasteiger partial charge in [0.25, 0.3) is 0 Å². The van der Waals surface area contributed by atoms with E-state index in [4.69, 9.17) is 4.74 Å². The molecule has 1 rings (SSSR count). The summed E-state index contributed by atoms with van der Waals surface area (Å²) in [5.41, 5.74) is 0. The van der Waals surface area contributed by atoms with Gasteiger partial charge >= 0.3 is 0 Å². The van der Waals surface area contributed by atoms with Crippen molar-refractivity contribution in [3.63, 3.8) is 0 Å². The van der Waals surface area contributed by atoms with Crippen molar-refractivity contribution in [2.75, 3.05) is 53.5 Å². The fourth-order valence-electron chi connectivity index (χ4n) is 2.00. The number of amides is 1. The van der Waals surface area contributed by atoms with Crippen LogP contribution in [0, 0.1) is 0 Å². The van der Waals surface area contributed by atoms with Crippen molar-refractivity contribution >= 4 is 35.8 Å². The smallest absolute Gasteiger partial charge is 0.243 e. The number of carbonyl (C=O) groups excluding carboxylic acids is 1. The third-order valence-electron chi connectivity index (χ3n) is 3.22. The SMILES string of the molecule is CCOCCCNC(=NCC(=O)N(C)C)N1CCCC1.I. The Kier molecular flexibility index (Phi) is 11.7. The number of ether oxygens (including phenoxy) is 1. The van der Waals surface area contributed by atoms with Gasteiger partial charge in [-0.2, -0.15) is 0 Å². The third-order valence-corrected chi connectivity index (χ3v) is 3.22. The van der Waals surface area contributed by atoms with Crippen LogP contribution in [0.5, 0.6) is 0 Å². The van der Waals surface area contributed by atoms with Crippen LogP contribution in [0.15, 0.2) is 4.99 Å². The van der Waals surface area contributed by atoms with Crippen LogP contribution in [0.2, 0.25) is 0 Å². The van der Waals surface area contributed by atoms with E-state index in [1.54, 1.807) is 19.0 Å². The van der Waals surface area contributed by atoms with Gasteiger partial charge in [-0.3, -0.25) is 4.79 Å². The molecule has 0 spiro atoms. The van der Waals surface area contributed by atoms with Gasteiger partial charge in [0.1, 0.15) is 6.54 Å². The zero-order chi connectivity index (χ0) is 14.8. The Morgan fingerprint density at radius 2 is 2.00 bits per heavy atom. The van der Waals surface area contributed by atoms with Gasteiger partial charge in [0.15, 0.2) is 5.96 Å². The van der Waals surface area contributed by atoms with Crippen molar-refractivity contribution in [2.45, 2.75) is 26.2 Å². The lowest BCUT2D eigenvalue weighted by Gasteiger charge is -2.21. The van der Waals surface area contributed by atoms with E-state index in [0.29, 0.717) is 0 Å². The van der Waals surface area contributed by atoms with E-state index < -0.39 is 0 Å². The molecule has 1 heterocycles. The number of nitrogens with zero attached hydrogens (tertiary/aromatic N) is 3. The average Bonchev–Trinajstić information content (AvgIpc) is 2.95. The molecule has 0 aromatic carbocycles. The van der Waals surface area contributed by atoms with Crippen LogP contribution in [0.4, 0.5) is 0 Å². The highest BCUT2D eigenvalue weighted by atomic mass is 127. The van der Waals surface area contributed by atoms with E-state index in [0.717, 1.165) is 45.2 Å². The van der Waals surface area contributed by atoms with E-state index in [9.17, 15) is 4.79 Å². The summed E-state index contributed by atoms with van der Waals surface area (Å²) in [6.45, 7) is 6.58. The molecule has 1 aliphatic heterocycles. The standard InChI is InChI=1S/C14H28N4O2.HI/c1-4-20-11-7-8-15-14(18-9-5-6-10-18)16-12-13(19)17(2)3;/h4-12H2,1-3H3,(H,15,16);1H. The maximum absolute atomic E-state index is 11.6. The van der Waals surface area contributed by atoms with Crippen LogP contribution in [-0.4, -0.2) is 75.2 Å². The van der Waals surface area contributed by atoms with Crippen molar-refractivity contribution in [2.24, 2.45) is 4.99 Å². The zero-order valence-corrected chi connectivity index (χ0v) is 15.8. The third kappa shape index (κ3) is 8.45. The number of guanidine groups is 1. The maximum atomic E-state index is 11.6. The Morgan fingerprint density at radius 1 is 1.33 bits per heavy atom. The predicted octanol–water partition coefficient (Wildman–Crippen LogP) is 1.16. The minimum Gasteiger partial charge on any atom is -0.382 e. The molecule has 6 nitrogen and oxygen atoms in total. The fraction of sp³-hybridized carbons (Fsp3) is 0.857. The van der Waals surface area contributed by atoms with Gasteiger partial charge in [-0.05, 0) is 26.2 Å². The maximum Gasteiger partial charge on any atom is 0.243 e. The molecule has 0 unspecified atom stereocenters. The van der Waals surface area contributed by atoms with Gasteiger partial charge in [-0.1, -0.05) is 0 Å². The van der Waals surface area contributed by atoms with Crippen molar-refractivity contribution in [1.82, 2.24) is 15.1 Å². The summed E-state index contributed by atoms with van der Waals surface area (Å²) in [6, 6.07) is 0. The van der Waals surface area contributed by atoms with Crippen molar-refractivity contribution < 1.29 is 9.53 Å². The molecule has 0 aromatic heterocycles. The number of halogens is 1. The van der Waals surface area contributed by atoms with Gasteiger partial charge in [-0.25, -0.2) is 4.99 Å². The summed E-state index contributed by atoms with van der Waals surface area (Å²) in [6.07, 6.45) is 3.34. The van der Waals surface area contributed by atoms with Gasteiger partial charge in [-0.15, -0.1) is 24.0 Å². The van der Waals surface area contributed by atoms with Crippen molar-refractivity contribution in [3.8, 4) is 0 Å². The summed E-state index contributed by atoms with van der Waals surface area (Å²) < 4.78 is 5.32. The fourth-order valence-corrected chi connectivity index (χ4v) is 2.00. The lowest BCUT2D eigenvalue weighted by molar-refractivity contribution is -0.127. The molecule has 1 saturated heterocycles. The van der Waals surface area contributed by atoms with Crippen LogP contribution < -0.4 is 5.32 Å². The van der Waals surface area contributed by atoms with Gasteiger partial charge in [0, 0.05) is 46.9 Å². The van der Waals surface area contributed by atoms with Crippen LogP contribution >= 0.6 is 24.0 Å². The quantitative estimate of drug-likeness (QED) is 0.295. The Bertz CT molecular complexity index is 318. The van der Waals surface area contributed by atoms with Gasteiger partial charge in [0.05, 0.1) is 0 Å². The van der Waals surface area contributed by atoms with Crippen molar-refractivity contribution in [1.29, 1.82) is 0 Å². The second-order valence-electron chi connectivity index (χ2n) is 5.10. The largest absolute Gasteiger partial charge is 0.382 e. The number of likely N-dealkylation sites (N-methyl/N-ethyl adjacent to an activating group) is 1. The molecule has 7 heteroatoms. The molecule has 0 saturated carbocycles. The number of likely N-dealkylation sites (tertiary alicyclic amines) is 1. The first kappa shape index (κ1) is 20.4. The second-order valence-corrected chi connectivity index (χ2v) is 5.10. The molecular weight excluding hydrogens is 383 g/mol. The molecule has 1 fully saturated rings. The molecule has 1 amide bonds. The normalized spacial score (nSPS) is 14.8. The Labute approximate surface area is 145 Å². The second kappa shape index (κ2) is 12.0. The minimum atomic E-state index is 0. The summed E-state index contributed by atoms with van der Waals surface area (Å²) in [5.74, 6) is 0.881. The summed E-state index contributed by atoms with van der Waals surface area (Å²) in [5, 5.41) is 3.34. The first-order valence-corrected chi connectivity index (χ1v) is 7.46. The van der Waals surface area contributed by atoms with E-state index in [-0.39, 0.29) is 36.4 Å². The highest BCUT2D eigenvalue weighted by Gasteiger charge is 2.16. The van der Waals surface area contributed by atoms with E-state index in [1.165, 1.54) is 12.8 Å². The molecular formula is C14H29IN4O2. The first-order chi connectivity index (χ1) is 9.65. The molecule has 1 aliphatic rings. The van der Waals surface area contributed by atoms with E-state index in [1.807, 2.05) is 6.92 Å². The summed E-state index contributed by atoms with van der Waals surface area (Å²) >= 11 is 0. The summed E-state index contributed by atoms with van der Waals surface area (Å²) in [4.78, 5) is 19.9. The molecule has 0 aromatic rings. The molecule has 0 atom stereocenters. The first-order valence-electron chi connectivity index (χ1n) is 7.46. The highest BCUT2D eigenvalue weighted by Crippen LogP contribution is 2.07. The molecule has 124 valence electrons. The number of carbonyl (C=O) groups is 1. The summed E-state index contributed by atoms with van der Waals surface area (Å²) in [7, 11) is 3.51. The average molecular weight is 412 g/mol. The number of hydrogen-bond acceptors (Lipinski definition) is 3.